The van der Waals surface area contributed by atoms with Gasteiger partial charge in [-0.2, -0.15) is 5.10 Å². The van der Waals surface area contributed by atoms with E-state index in [0.717, 1.165) is 11.1 Å². The van der Waals surface area contributed by atoms with Gasteiger partial charge in [0.15, 0.2) is 18.3 Å². The molecular weight excluding hydrogens is 232 g/mol. The largest absolute Gasteiger partial charge is 0.469 e. The predicted molar refractivity (Wildman–Crippen MR) is 64.4 cm³/mol. The van der Waals surface area contributed by atoms with E-state index in [1.165, 1.54) is 5.01 Å². The Bertz CT molecular complexity index is 585. The zero-order chi connectivity index (χ0) is 12.9. The lowest BCUT2D eigenvalue weighted by atomic mass is 9.90. The molecule has 0 radical (unpaired) electrons. The van der Waals surface area contributed by atoms with E-state index in [9.17, 15) is 4.79 Å². The molecule has 0 saturated carbocycles. The number of Topliss-reactive ketones (excluding diaryl/α,β-unsaturated/α-hetero) is 1. The number of hydrogen-bond acceptors (Lipinski definition) is 5. The molecule has 0 spiro atoms. The van der Waals surface area contributed by atoms with Gasteiger partial charge in [-0.25, -0.2) is 5.84 Å². The summed E-state index contributed by atoms with van der Waals surface area (Å²) in [5.74, 6) is 6.13. The van der Waals surface area contributed by atoms with E-state index in [0.29, 0.717) is 11.5 Å². The van der Waals surface area contributed by atoms with Gasteiger partial charge in [0, 0.05) is 30.3 Å². The summed E-state index contributed by atoms with van der Waals surface area (Å²) in [5.41, 5.74) is 2.28. The Morgan fingerprint density at radius 3 is 3.00 bits per heavy atom. The Morgan fingerprint density at radius 1 is 1.56 bits per heavy atom. The third-order valence-corrected chi connectivity index (χ3v) is 3.17. The molecule has 1 aliphatic carbocycles. The molecule has 1 aromatic heterocycles. The van der Waals surface area contributed by atoms with Crippen LogP contribution in [-0.4, -0.2) is 27.3 Å². The van der Waals surface area contributed by atoms with Crippen LogP contribution < -0.4 is 5.84 Å². The SMILES string of the molecule is C[C@H]1C=C(c2cnn(C)c2)C2=C(C1=O)N(N)CO2. The van der Waals surface area contributed by atoms with Gasteiger partial charge in [0.2, 0.25) is 0 Å². The number of rotatable bonds is 1. The van der Waals surface area contributed by atoms with E-state index in [4.69, 9.17) is 10.6 Å². The maximum atomic E-state index is 12.1. The lowest BCUT2D eigenvalue weighted by Gasteiger charge is -2.19. The van der Waals surface area contributed by atoms with E-state index in [2.05, 4.69) is 5.10 Å². The molecule has 6 nitrogen and oxygen atoms in total. The van der Waals surface area contributed by atoms with Gasteiger partial charge in [0.05, 0.1) is 6.20 Å². The van der Waals surface area contributed by atoms with Crippen molar-refractivity contribution in [2.75, 3.05) is 6.73 Å². The highest BCUT2D eigenvalue weighted by Gasteiger charge is 2.36. The number of nitrogens with zero attached hydrogens (tertiary/aromatic N) is 3. The number of hydrazine groups is 1. The second-order valence-corrected chi connectivity index (χ2v) is 4.56. The highest BCUT2D eigenvalue weighted by Crippen LogP contribution is 2.37. The highest BCUT2D eigenvalue weighted by atomic mass is 16.5. The summed E-state index contributed by atoms with van der Waals surface area (Å²) in [6.07, 6.45) is 5.54. The summed E-state index contributed by atoms with van der Waals surface area (Å²) in [6, 6.07) is 0. The van der Waals surface area contributed by atoms with Gasteiger partial charge < -0.3 is 4.74 Å². The van der Waals surface area contributed by atoms with Crippen molar-refractivity contribution in [3.8, 4) is 0 Å². The van der Waals surface area contributed by atoms with E-state index < -0.39 is 0 Å². The molecule has 2 heterocycles. The summed E-state index contributed by atoms with van der Waals surface area (Å²) < 4.78 is 7.23. The van der Waals surface area contributed by atoms with Gasteiger partial charge in [-0.05, 0) is 0 Å². The number of hydrogen-bond donors (Lipinski definition) is 1. The lowest BCUT2D eigenvalue weighted by molar-refractivity contribution is -0.119. The minimum Gasteiger partial charge on any atom is -0.469 e. The highest BCUT2D eigenvalue weighted by molar-refractivity contribution is 6.05. The van der Waals surface area contributed by atoms with Crippen molar-refractivity contribution in [3.63, 3.8) is 0 Å². The van der Waals surface area contributed by atoms with Crippen LogP contribution >= 0.6 is 0 Å². The quantitative estimate of drug-likeness (QED) is 0.726. The third kappa shape index (κ3) is 1.46. The number of ketones is 1. The zero-order valence-corrected chi connectivity index (χ0v) is 10.3. The van der Waals surface area contributed by atoms with E-state index >= 15 is 0 Å². The standard InChI is InChI=1S/C12H14N4O2/c1-7-3-9(8-4-14-15(2)5-8)12-10(11(7)17)16(13)6-18-12/h3-5,7H,6,13H2,1-2H3/t7-/m0/s1. The molecule has 0 aromatic carbocycles. The van der Waals surface area contributed by atoms with Crippen molar-refractivity contribution in [1.82, 2.24) is 14.8 Å². The van der Waals surface area contributed by atoms with Gasteiger partial charge in [0.1, 0.15) is 5.70 Å². The summed E-state index contributed by atoms with van der Waals surface area (Å²) in [7, 11) is 1.85. The maximum Gasteiger partial charge on any atom is 0.190 e. The number of aromatic nitrogens is 2. The van der Waals surface area contributed by atoms with Gasteiger partial charge in [-0.1, -0.05) is 13.0 Å². The lowest BCUT2D eigenvalue weighted by Crippen LogP contribution is -2.34. The molecule has 0 saturated heterocycles. The minimum absolute atomic E-state index is 0.00218. The smallest absolute Gasteiger partial charge is 0.190 e. The van der Waals surface area contributed by atoms with Gasteiger partial charge >= 0.3 is 0 Å². The molecule has 1 atom stereocenters. The first-order valence-electron chi connectivity index (χ1n) is 5.72. The molecule has 0 amide bonds. The molecule has 2 N–H and O–H groups in total. The Labute approximate surface area is 104 Å². The summed E-state index contributed by atoms with van der Waals surface area (Å²) in [5, 5.41) is 5.50. The molecular formula is C12H14N4O2. The van der Waals surface area contributed by atoms with Crippen LogP contribution in [0.25, 0.3) is 5.57 Å². The average Bonchev–Trinajstić information content (AvgIpc) is 2.91. The van der Waals surface area contributed by atoms with Crippen molar-refractivity contribution in [3.05, 3.63) is 35.5 Å². The summed E-state index contributed by atoms with van der Waals surface area (Å²) in [6.45, 7) is 2.06. The molecule has 6 heteroatoms. The fourth-order valence-corrected chi connectivity index (χ4v) is 2.26. The monoisotopic (exact) mass is 246 g/mol. The summed E-state index contributed by atoms with van der Waals surface area (Å²) >= 11 is 0. The average molecular weight is 246 g/mol. The van der Waals surface area contributed by atoms with Crippen LogP contribution in [0, 0.1) is 5.92 Å². The topological polar surface area (TPSA) is 73.4 Å². The summed E-state index contributed by atoms with van der Waals surface area (Å²) in [4.78, 5) is 12.1. The third-order valence-electron chi connectivity index (χ3n) is 3.17. The van der Waals surface area contributed by atoms with Crippen molar-refractivity contribution in [1.29, 1.82) is 0 Å². The number of carbonyl (C=O) groups excluding carboxylic acids is 1. The fraction of sp³-hybridized carbons (Fsp3) is 0.333. The first kappa shape index (κ1) is 11.0. The van der Waals surface area contributed by atoms with Crippen LogP contribution in [0.15, 0.2) is 29.9 Å². The molecule has 0 unspecified atom stereocenters. The first-order chi connectivity index (χ1) is 8.58. The molecule has 0 bridgehead atoms. The van der Waals surface area contributed by atoms with Crippen molar-refractivity contribution >= 4 is 11.4 Å². The maximum absolute atomic E-state index is 12.1. The van der Waals surface area contributed by atoms with Gasteiger partial charge in [-0.15, -0.1) is 0 Å². The molecule has 3 rings (SSSR count). The van der Waals surface area contributed by atoms with E-state index in [1.807, 2.05) is 26.2 Å². The number of carbonyl (C=O) groups is 1. The number of aryl methyl sites for hydroxylation is 1. The van der Waals surface area contributed by atoms with E-state index in [-0.39, 0.29) is 18.4 Å². The van der Waals surface area contributed by atoms with Crippen molar-refractivity contribution in [2.45, 2.75) is 6.92 Å². The van der Waals surface area contributed by atoms with Crippen LogP contribution in [0.1, 0.15) is 12.5 Å². The normalized spacial score (nSPS) is 23.1. The second kappa shape index (κ2) is 3.71. The van der Waals surface area contributed by atoms with Gasteiger partial charge in [-0.3, -0.25) is 14.5 Å². The number of ether oxygens (including phenoxy) is 1. The number of nitrogens with two attached hydrogens (primary N) is 1. The van der Waals surface area contributed by atoms with E-state index in [1.54, 1.807) is 10.9 Å². The Balaban J connectivity index is 2.12. The fourth-order valence-electron chi connectivity index (χ4n) is 2.26. The molecule has 1 aromatic rings. The molecule has 1 aliphatic heterocycles. The van der Waals surface area contributed by atoms with Crippen LogP contribution in [0.2, 0.25) is 0 Å². The molecule has 0 fully saturated rings. The van der Waals surface area contributed by atoms with Crippen LogP contribution in [0.3, 0.4) is 0 Å². The van der Waals surface area contributed by atoms with Gasteiger partial charge in [0.25, 0.3) is 0 Å². The van der Waals surface area contributed by atoms with Crippen LogP contribution in [0.4, 0.5) is 0 Å². The van der Waals surface area contributed by atoms with Crippen LogP contribution in [0.5, 0.6) is 0 Å². The van der Waals surface area contributed by atoms with Crippen LogP contribution in [-0.2, 0) is 16.6 Å². The first-order valence-corrected chi connectivity index (χ1v) is 5.72. The Kier molecular flexibility index (Phi) is 2.27. The minimum atomic E-state index is -0.202. The Morgan fingerprint density at radius 2 is 2.33 bits per heavy atom. The number of allylic oxidation sites excluding steroid dienone is 3. The van der Waals surface area contributed by atoms with Crippen molar-refractivity contribution < 1.29 is 9.53 Å². The molecule has 94 valence electrons. The van der Waals surface area contributed by atoms with Crippen molar-refractivity contribution in [2.24, 2.45) is 18.8 Å². The molecule has 2 aliphatic rings. The zero-order valence-electron chi connectivity index (χ0n) is 10.3. The molecule has 18 heavy (non-hydrogen) atoms. The second-order valence-electron chi connectivity index (χ2n) is 4.56. The predicted octanol–water partition coefficient (Wildman–Crippen LogP) is 0.397. The Hall–Kier alpha value is -2.08.